The van der Waals surface area contributed by atoms with Crippen molar-refractivity contribution in [2.75, 3.05) is 18.4 Å². The molecule has 2 aliphatic rings. The Bertz CT molecular complexity index is 1820. The fraction of sp³-hybridized carbons (Fsp3) is 0.206. The van der Waals surface area contributed by atoms with Crippen molar-refractivity contribution in [1.82, 2.24) is 14.8 Å². The number of benzene rings is 4. The molecule has 1 atom stereocenters. The molecule has 7 heteroatoms. The van der Waals surface area contributed by atoms with Crippen LogP contribution in [-0.2, 0) is 17.8 Å². The van der Waals surface area contributed by atoms with E-state index in [0.717, 1.165) is 58.9 Å². The van der Waals surface area contributed by atoms with Gasteiger partial charge < -0.3 is 20.1 Å². The second kappa shape index (κ2) is 10.2. The lowest BCUT2D eigenvalue weighted by atomic mass is 9.94. The van der Waals surface area contributed by atoms with E-state index in [1.165, 1.54) is 0 Å². The summed E-state index contributed by atoms with van der Waals surface area (Å²) in [6.07, 6.45) is 2.34. The van der Waals surface area contributed by atoms with E-state index in [4.69, 9.17) is 0 Å². The number of hydrogen-bond acceptors (Lipinski definition) is 3. The lowest BCUT2D eigenvalue weighted by molar-refractivity contribution is -0.121. The fourth-order valence-electron chi connectivity index (χ4n) is 6.23. The lowest BCUT2D eigenvalue weighted by Gasteiger charge is -2.35. The number of likely N-dealkylation sites (tertiary alicyclic amines) is 1. The Balaban J connectivity index is 1.25. The summed E-state index contributed by atoms with van der Waals surface area (Å²) in [7, 11) is 0. The zero-order valence-corrected chi connectivity index (χ0v) is 22.6. The molecule has 1 fully saturated rings. The molecule has 0 saturated carbocycles. The molecule has 0 bridgehead atoms. The highest BCUT2D eigenvalue weighted by Crippen LogP contribution is 2.32. The van der Waals surface area contributed by atoms with Gasteiger partial charge in [-0.1, -0.05) is 60.7 Å². The molecule has 1 aromatic heterocycles. The van der Waals surface area contributed by atoms with Crippen LogP contribution in [0.5, 0.6) is 0 Å². The largest absolute Gasteiger partial charge is 0.357 e. The topological polar surface area (TPSA) is 85.5 Å². The first-order chi connectivity index (χ1) is 20.1. The van der Waals surface area contributed by atoms with Gasteiger partial charge in [-0.15, -0.1) is 0 Å². The average molecular weight is 543 g/mol. The first kappa shape index (κ1) is 25.1. The third-order valence-corrected chi connectivity index (χ3v) is 8.37. The third-order valence-electron chi connectivity index (χ3n) is 8.37. The van der Waals surface area contributed by atoms with Gasteiger partial charge in [-0.3, -0.25) is 14.4 Å². The summed E-state index contributed by atoms with van der Waals surface area (Å²) in [5.74, 6) is -0.594. The van der Waals surface area contributed by atoms with Crippen LogP contribution in [0.15, 0.2) is 91.0 Å². The van der Waals surface area contributed by atoms with Crippen LogP contribution in [0.2, 0.25) is 0 Å². The Kier molecular flexibility index (Phi) is 6.27. The number of rotatable bonds is 4. The van der Waals surface area contributed by atoms with Gasteiger partial charge in [0, 0.05) is 41.7 Å². The van der Waals surface area contributed by atoms with Crippen LogP contribution >= 0.6 is 0 Å². The minimum Gasteiger partial charge on any atom is -0.357 e. The predicted molar refractivity (Wildman–Crippen MR) is 160 cm³/mol. The number of H-pyrrole nitrogens is 1. The summed E-state index contributed by atoms with van der Waals surface area (Å²) in [4.78, 5) is 48.3. The molecule has 0 radical (unpaired) electrons. The number of nitrogens with zero attached hydrogens (tertiary/aromatic N) is 2. The Labute approximate surface area is 237 Å². The number of fused-ring (bicyclic) bond motifs is 4. The second-order valence-electron chi connectivity index (χ2n) is 10.9. The summed E-state index contributed by atoms with van der Waals surface area (Å²) in [6.45, 7) is 1.73. The zero-order chi connectivity index (χ0) is 27.9. The molecule has 5 aromatic rings. The maximum Gasteiger partial charge on any atom is 0.255 e. The summed E-state index contributed by atoms with van der Waals surface area (Å²) in [5.41, 5.74) is 4.44. The van der Waals surface area contributed by atoms with Crippen LogP contribution in [0.1, 0.15) is 44.8 Å². The van der Waals surface area contributed by atoms with Gasteiger partial charge in [0.2, 0.25) is 5.91 Å². The highest BCUT2D eigenvalue weighted by Gasteiger charge is 2.37. The molecule has 4 aromatic carbocycles. The van der Waals surface area contributed by atoms with Crippen LogP contribution in [0.4, 0.5) is 5.69 Å². The van der Waals surface area contributed by atoms with E-state index in [2.05, 4.69) is 10.3 Å². The van der Waals surface area contributed by atoms with Gasteiger partial charge in [-0.05, 0) is 59.5 Å². The van der Waals surface area contributed by atoms with Gasteiger partial charge in [0.25, 0.3) is 11.8 Å². The zero-order valence-electron chi connectivity index (χ0n) is 22.6. The average Bonchev–Trinajstić information content (AvgIpc) is 3.68. The summed E-state index contributed by atoms with van der Waals surface area (Å²) < 4.78 is 0. The first-order valence-electron chi connectivity index (χ1n) is 14.1. The monoisotopic (exact) mass is 542 g/mol. The van der Waals surface area contributed by atoms with Crippen molar-refractivity contribution in [3.05, 3.63) is 113 Å². The minimum absolute atomic E-state index is 0.0787. The molecule has 204 valence electrons. The van der Waals surface area contributed by atoms with Crippen molar-refractivity contribution in [1.29, 1.82) is 0 Å². The number of aromatic amines is 1. The van der Waals surface area contributed by atoms with Crippen molar-refractivity contribution in [2.24, 2.45) is 0 Å². The maximum atomic E-state index is 14.1. The number of anilines is 1. The van der Waals surface area contributed by atoms with Crippen LogP contribution in [0.3, 0.4) is 0 Å². The van der Waals surface area contributed by atoms with Gasteiger partial charge in [-0.2, -0.15) is 0 Å². The Hall–Kier alpha value is -4.91. The Morgan fingerprint density at radius 1 is 0.780 bits per heavy atom. The summed E-state index contributed by atoms with van der Waals surface area (Å²) in [6, 6.07) is 28.0. The van der Waals surface area contributed by atoms with E-state index in [1.807, 2.05) is 83.8 Å². The quantitative estimate of drug-likeness (QED) is 0.303. The molecule has 3 amide bonds. The van der Waals surface area contributed by atoms with Gasteiger partial charge >= 0.3 is 0 Å². The number of amides is 3. The van der Waals surface area contributed by atoms with Gasteiger partial charge in [-0.25, -0.2) is 0 Å². The molecule has 3 heterocycles. The van der Waals surface area contributed by atoms with Crippen LogP contribution < -0.4 is 5.32 Å². The summed E-state index contributed by atoms with van der Waals surface area (Å²) in [5, 5.41) is 6.11. The van der Waals surface area contributed by atoms with E-state index in [9.17, 15) is 14.4 Å². The molecule has 2 N–H and O–H groups in total. The van der Waals surface area contributed by atoms with E-state index >= 15 is 0 Å². The van der Waals surface area contributed by atoms with E-state index in [1.54, 1.807) is 17.0 Å². The normalized spacial score (nSPS) is 16.6. The molecule has 0 unspecified atom stereocenters. The highest BCUT2D eigenvalue weighted by atomic mass is 16.2. The van der Waals surface area contributed by atoms with E-state index < -0.39 is 6.04 Å². The molecular formula is C34H30N4O3. The third kappa shape index (κ3) is 4.53. The highest BCUT2D eigenvalue weighted by molar-refractivity contribution is 6.07. The number of hydrogen-bond donors (Lipinski definition) is 2. The summed E-state index contributed by atoms with van der Waals surface area (Å²) >= 11 is 0. The number of carbonyl (C=O) groups excluding carboxylic acids is 3. The van der Waals surface area contributed by atoms with Crippen molar-refractivity contribution >= 4 is 45.1 Å². The van der Waals surface area contributed by atoms with E-state index in [-0.39, 0.29) is 24.3 Å². The van der Waals surface area contributed by atoms with Gasteiger partial charge in [0.1, 0.15) is 6.04 Å². The van der Waals surface area contributed by atoms with Crippen molar-refractivity contribution < 1.29 is 14.4 Å². The van der Waals surface area contributed by atoms with Crippen molar-refractivity contribution in [2.45, 2.75) is 31.8 Å². The number of carbonyl (C=O) groups is 3. The number of nitrogens with one attached hydrogen (secondary N) is 2. The number of aromatic nitrogens is 1. The SMILES string of the molecule is O=C(Nc1ccccc1C(=O)N1CCCC1)[C@H]1Cc2c([nH]c3ccccc23)CN1C(=O)c1ccc2ccccc2c1. The molecule has 7 nitrogen and oxygen atoms in total. The molecule has 0 spiro atoms. The standard InChI is InChI=1S/C34H30N4O3/c39-32(36-29-14-6-4-12-26(29)34(41)37-17-7-8-18-37)31-20-27-25-11-3-5-13-28(25)35-30(27)21-38(31)33(40)24-16-15-22-9-1-2-10-23(22)19-24/h1-6,9-16,19,31,35H,7-8,17-18,20-21H2,(H,36,39)/t31-/m1/s1. The molecule has 0 aliphatic carbocycles. The second-order valence-corrected chi connectivity index (χ2v) is 10.9. The Morgan fingerprint density at radius 3 is 2.37 bits per heavy atom. The van der Waals surface area contributed by atoms with Gasteiger partial charge in [0.05, 0.1) is 17.8 Å². The van der Waals surface area contributed by atoms with E-state index in [0.29, 0.717) is 23.2 Å². The predicted octanol–water partition coefficient (Wildman–Crippen LogP) is 5.76. The Morgan fingerprint density at radius 2 is 1.51 bits per heavy atom. The maximum absolute atomic E-state index is 14.1. The molecule has 1 saturated heterocycles. The smallest absolute Gasteiger partial charge is 0.255 e. The number of para-hydroxylation sites is 2. The van der Waals surface area contributed by atoms with Crippen LogP contribution in [0.25, 0.3) is 21.7 Å². The van der Waals surface area contributed by atoms with Crippen molar-refractivity contribution in [3.63, 3.8) is 0 Å². The molecular weight excluding hydrogens is 512 g/mol. The van der Waals surface area contributed by atoms with Crippen molar-refractivity contribution in [3.8, 4) is 0 Å². The minimum atomic E-state index is -0.754. The first-order valence-corrected chi connectivity index (χ1v) is 14.1. The molecule has 7 rings (SSSR count). The lowest BCUT2D eigenvalue weighted by Crippen LogP contribution is -2.50. The van der Waals surface area contributed by atoms with Gasteiger partial charge in [0.15, 0.2) is 0 Å². The van der Waals surface area contributed by atoms with Crippen LogP contribution in [0, 0.1) is 0 Å². The fourth-order valence-corrected chi connectivity index (χ4v) is 6.23. The van der Waals surface area contributed by atoms with Crippen LogP contribution in [-0.4, -0.2) is 51.6 Å². The molecule has 2 aliphatic heterocycles. The molecule has 41 heavy (non-hydrogen) atoms.